The van der Waals surface area contributed by atoms with E-state index in [1.54, 1.807) is 6.20 Å². The lowest BCUT2D eigenvalue weighted by Gasteiger charge is -2.10. The van der Waals surface area contributed by atoms with Crippen molar-refractivity contribution in [2.75, 3.05) is 14.1 Å². The van der Waals surface area contributed by atoms with Crippen LogP contribution in [0.4, 0.5) is 0 Å². The van der Waals surface area contributed by atoms with Crippen LogP contribution in [0.1, 0.15) is 5.56 Å². The first-order valence-corrected chi connectivity index (χ1v) is 11.1. The summed E-state index contributed by atoms with van der Waals surface area (Å²) in [5.74, 6) is 0. The van der Waals surface area contributed by atoms with Gasteiger partial charge in [-0.25, -0.2) is 0 Å². The van der Waals surface area contributed by atoms with Crippen LogP contribution in [0.5, 0.6) is 0 Å². The number of fused-ring (bicyclic) bond motifs is 2. The molecule has 7 nitrogen and oxygen atoms in total. The lowest BCUT2D eigenvalue weighted by molar-refractivity contribution is 0.402. The Labute approximate surface area is 196 Å². The summed E-state index contributed by atoms with van der Waals surface area (Å²) in [6.07, 6.45) is 11.2. The molecule has 1 aromatic carbocycles. The molecule has 0 aliphatic rings. The first-order valence-electron chi connectivity index (χ1n) is 11.1. The van der Waals surface area contributed by atoms with Gasteiger partial charge in [0.15, 0.2) is 0 Å². The Morgan fingerprint density at radius 1 is 0.765 bits per heavy atom. The number of H-pyrrole nitrogens is 2. The van der Waals surface area contributed by atoms with Crippen molar-refractivity contribution in [1.82, 2.24) is 35.0 Å². The molecule has 6 aromatic rings. The van der Waals surface area contributed by atoms with Crippen LogP contribution in [0.2, 0.25) is 0 Å². The summed E-state index contributed by atoms with van der Waals surface area (Å²) < 4.78 is 0. The van der Waals surface area contributed by atoms with Crippen LogP contribution < -0.4 is 0 Å². The van der Waals surface area contributed by atoms with Gasteiger partial charge in [-0.2, -0.15) is 5.10 Å². The second-order valence-electron chi connectivity index (χ2n) is 8.73. The SMILES string of the molecule is CN(C)Cc1cncc(-c2ccc3[nH]nc(-c4cc5c(-c6cccnc6)cncc5[nH]4)c3c2)c1. The van der Waals surface area contributed by atoms with Gasteiger partial charge in [-0.3, -0.25) is 20.1 Å². The van der Waals surface area contributed by atoms with Gasteiger partial charge in [0, 0.05) is 65.0 Å². The summed E-state index contributed by atoms with van der Waals surface area (Å²) in [6.45, 7) is 0.850. The molecule has 5 heterocycles. The first kappa shape index (κ1) is 20.3. The maximum absolute atomic E-state index is 4.64. The van der Waals surface area contributed by atoms with E-state index < -0.39 is 0 Å². The van der Waals surface area contributed by atoms with E-state index in [9.17, 15) is 0 Å². The van der Waals surface area contributed by atoms with Gasteiger partial charge in [0.2, 0.25) is 0 Å². The predicted octanol–water partition coefficient (Wildman–Crippen LogP) is 5.29. The van der Waals surface area contributed by atoms with Crippen LogP contribution in [-0.4, -0.2) is 49.1 Å². The predicted molar refractivity (Wildman–Crippen MR) is 135 cm³/mol. The van der Waals surface area contributed by atoms with E-state index in [0.717, 1.165) is 62.0 Å². The van der Waals surface area contributed by atoms with E-state index in [1.807, 2.05) is 43.1 Å². The molecule has 34 heavy (non-hydrogen) atoms. The van der Waals surface area contributed by atoms with Crippen LogP contribution in [0.3, 0.4) is 0 Å². The summed E-state index contributed by atoms with van der Waals surface area (Å²) in [7, 11) is 4.12. The molecule has 0 amide bonds. The summed E-state index contributed by atoms with van der Waals surface area (Å²) in [6, 6.07) is 14.7. The maximum Gasteiger partial charge on any atom is 0.116 e. The first-order chi connectivity index (χ1) is 16.7. The zero-order chi connectivity index (χ0) is 23.1. The van der Waals surface area contributed by atoms with E-state index in [1.165, 1.54) is 5.56 Å². The average molecular weight is 446 g/mol. The van der Waals surface area contributed by atoms with E-state index in [4.69, 9.17) is 0 Å². The minimum Gasteiger partial charge on any atom is -0.352 e. The quantitative estimate of drug-likeness (QED) is 0.376. The number of rotatable bonds is 5. The van der Waals surface area contributed by atoms with Gasteiger partial charge in [-0.05, 0) is 55.6 Å². The molecule has 0 aliphatic carbocycles. The molecule has 0 saturated carbocycles. The van der Waals surface area contributed by atoms with E-state index in [2.05, 4.69) is 79.5 Å². The zero-order valence-corrected chi connectivity index (χ0v) is 18.9. The topological polar surface area (TPSA) is 86.4 Å². The Balaban J connectivity index is 1.45. The fraction of sp³-hybridized carbons (Fsp3) is 0.111. The Kier molecular flexibility index (Phi) is 4.89. The summed E-state index contributed by atoms with van der Waals surface area (Å²) in [5, 5.41) is 9.96. The third-order valence-electron chi connectivity index (χ3n) is 5.96. The van der Waals surface area contributed by atoms with Crippen molar-refractivity contribution < 1.29 is 0 Å². The monoisotopic (exact) mass is 445 g/mol. The molecule has 0 unspecified atom stereocenters. The number of benzene rings is 1. The van der Waals surface area contributed by atoms with Crippen LogP contribution in [0.15, 0.2) is 79.6 Å². The van der Waals surface area contributed by atoms with Crippen molar-refractivity contribution in [3.63, 3.8) is 0 Å². The molecule has 0 atom stereocenters. The number of aromatic amines is 2. The van der Waals surface area contributed by atoms with Gasteiger partial charge >= 0.3 is 0 Å². The molecule has 0 bridgehead atoms. The standard InChI is InChI=1S/C27H23N7/c1-34(2)16-17-8-20(13-29-11-17)18-5-6-24-22(9-18)27(33-32-24)25-10-21-23(14-30-15-26(21)31-25)19-4-3-7-28-12-19/h3-15,31H,16H2,1-2H3,(H,32,33). The van der Waals surface area contributed by atoms with Gasteiger partial charge in [0.05, 0.1) is 22.9 Å². The van der Waals surface area contributed by atoms with Crippen LogP contribution in [0.25, 0.3) is 55.4 Å². The van der Waals surface area contributed by atoms with Gasteiger partial charge in [-0.15, -0.1) is 0 Å². The molecule has 166 valence electrons. The third-order valence-corrected chi connectivity index (χ3v) is 5.96. The average Bonchev–Trinajstić information content (AvgIpc) is 3.48. The summed E-state index contributed by atoms with van der Waals surface area (Å²) >= 11 is 0. The molecular formula is C27H23N7. The second-order valence-corrected chi connectivity index (χ2v) is 8.73. The van der Waals surface area contributed by atoms with E-state index in [0.29, 0.717) is 0 Å². The Morgan fingerprint density at radius 3 is 2.50 bits per heavy atom. The molecule has 0 aliphatic heterocycles. The smallest absolute Gasteiger partial charge is 0.116 e. The molecule has 5 aromatic heterocycles. The zero-order valence-electron chi connectivity index (χ0n) is 18.9. The fourth-order valence-electron chi connectivity index (χ4n) is 4.43. The molecule has 0 saturated heterocycles. The van der Waals surface area contributed by atoms with Crippen molar-refractivity contribution in [2.24, 2.45) is 0 Å². The van der Waals surface area contributed by atoms with Crippen molar-refractivity contribution in [3.05, 3.63) is 85.2 Å². The maximum atomic E-state index is 4.64. The highest BCUT2D eigenvalue weighted by Gasteiger charge is 2.15. The summed E-state index contributed by atoms with van der Waals surface area (Å²) in [5.41, 5.74) is 9.22. The highest BCUT2D eigenvalue weighted by molar-refractivity contribution is 6.01. The minimum absolute atomic E-state index is 0.850. The molecule has 0 fully saturated rings. The van der Waals surface area contributed by atoms with Gasteiger partial charge < -0.3 is 9.88 Å². The second kappa shape index (κ2) is 8.20. The van der Waals surface area contributed by atoms with Crippen molar-refractivity contribution in [1.29, 1.82) is 0 Å². The lowest BCUT2D eigenvalue weighted by Crippen LogP contribution is -2.10. The number of aromatic nitrogens is 6. The fourth-order valence-corrected chi connectivity index (χ4v) is 4.43. The molecule has 0 radical (unpaired) electrons. The number of pyridine rings is 3. The molecule has 7 heteroatoms. The normalized spacial score (nSPS) is 11.6. The number of hydrogen-bond acceptors (Lipinski definition) is 5. The molecule has 2 N–H and O–H groups in total. The van der Waals surface area contributed by atoms with Gasteiger partial charge in [0.1, 0.15) is 5.69 Å². The Hall–Kier alpha value is -4.36. The van der Waals surface area contributed by atoms with E-state index >= 15 is 0 Å². The van der Waals surface area contributed by atoms with Gasteiger partial charge in [-0.1, -0.05) is 12.1 Å². The highest BCUT2D eigenvalue weighted by Crippen LogP contribution is 2.34. The Bertz CT molecular complexity index is 1610. The van der Waals surface area contributed by atoms with E-state index in [-0.39, 0.29) is 0 Å². The molecule has 6 rings (SSSR count). The third kappa shape index (κ3) is 3.62. The largest absolute Gasteiger partial charge is 0.352 e. The number of nitrogens with one attached hydrogen (secondary N) is 2. The van der Waals surface area contributed by atoms with Crippen molar-refractivity contribution in [3.8, 4) is 33.6 Å². The Morgan fingerprint density at radius 2 is 1.65 bits per heavy atom. The van der Waals surface area contributed by atoms with Crippen molar-refractivity contribution >= 4 is 21.8 Å². The van der Waals surface area contributed by atoms with Crippen LogP contribution in [0, 0.1) is 0 Å². The highest BCUT2D eigenvalue weighted by atomic mass is 15.1. The lowest BCUT2D eigenvalue weighted by atomic mass is 10.0. The number of hydrogen-bond donors (Lipinski definition) is 2. The minimum atomic E-state index is 0.850. The molecular weight excluding hydrogens is 422 g/mol. The van der Waals surface area contributed by atoms with Gasteiger partial charge in [0.25, 0.3) is 0 Å². The number of nitrogens with zero attached hydrogens (tertiary/aromatic N) is 5. The summed E-state index contributed by atoms with van der Waals surface area (Å²) in [4.78, 5) is 18.8. The van der Waals surface area contributed by atoms with Crippen molar-refractivity contribution in [2.45, 2.75) is 6.54 Å². The van der Waals surface area contributed by atoms with Crippen LogP contribution in [-0.2, 0) is 6.54 Å². The van der Waals surface area contributed by atoms with Crippen LogP contribution >= 0.6 is 0 Å². The molecule has 0 spiro atoms.